The standard InChI is InChI=1S/C10H5BrFN5O/c11-6-1-5(2-7(12)3-6)10-15-9(17-18-10)8-13-4-14-16-8/h1-4H,(H,13,14,16). The van der Waals surface area contributed by atoms with Crippen molar-refractivity contribution in [1.82, 2.24) is 25.3 Å². The molecule has 0 atom stereocenters. The zero-order valence-corrected chi connectivity index (χ0v) is 10.3. The van der Waals surface area contributed by atoms with Crippen molar-refractivity contribution >= 4 is 15.9 Å². The molecule has 0 fully saturated rings. The van der Waals surface area contributed by atoms with E-state index in [1.54, 1.807) is 6.07 Å². The average molecular weight is 310 g/mol. The van der Waals surface area contributed by atoms with Gasteiger partial charge in [0.15, 0.2) is 5.82 Å². The van der Waals surface area contributed by atoms with E-state index in [-0.39, 0.29) is 11.7 Å². The van der Waals surface area contributed by atoms with Gasteiger partial charge in [-0.2, -0.15) is 10.1 Å². The number of aromatic amines is 1. The number of rotatable bonds is 2. The number of nitrogens with one attached hydrogen (secondary N) is 1. The average Bonchev–Trinajstić information content (AvgIpc) is 2.99. The summed E-state index contributed by atoms with van der Waals surface area (Å²) >= 11 is 3.20. The predicted octanol–water partition coefficient (Wildman–Crippen LogP) is 2.42. The molecule has 2 aromatic heterocycles. The SMILES string of the molecule is Fc1cc(Br)cc(-c2nc(-c3ncn[nH]3)no2)c1. The normalized spacial score (nSPS) is 10.8. The molecule has 0 spiro atoms. The summed E-state index contributed by atoms with van der Waals surface area (Å²) in [6.07, 6.45) is 1.34. The van der Waals surface area contributed by atoms with Gasteiger partial charge in [-0.3, -0.25) is 5.10 Å². The highest BCUT2D eigenvalue weighted by Gasteiger charge is 2.13. The van der Waals surface area contributed by atoms with Crippen molar-refractivity contribution in [2.45, 2.75) is 0 Å². The van der Waals surface area contributed by atoms with Crippen molar-refractivity contribution in [1.29, 1.82) is 0 Å². The monoisotopic (exact) mass is 309 g/mol. The molecule has 3 rings (SSSR count). The summed E-state index contributed by atoms with van der Waals surface area (Å²) in [5.41, 5.74) is 0.486. The Hall–Kier alpha value is -2.09. The fourth-order valence-electron chi connectivity index (χ4n) is 1.43. The van der Waals surface area contributed by atoms with Gasteiger partial charge in [0.1, 0.15) is 12.1 Å². The van der Waals surface area contributed by atoms with Crippen molar-refractivity contribution in [3.05, 3.63) is 34.8 Å². The van der Waals surface area contributed by atoms with Crippen molar-refractivity contribution < 1.29 is 8.91 Å². The van der Waals surface area contributed by atoms with Gasteiger partial charge in [-0.1, -0.05) is 21.1 Å². The van der Waals surface area contributed by atoms with E-state index in [2.05, 4.69) is 41.3 Å². The van der Waals surface area contributed by atoms with Crippen LogP contribution in [0.2, 0.25) is 0 Å². The number of aromatic nitrogens is 5. The van der Waals surface area contributed by atoms with Crippen LogP contribution >= 0.6 is 15.9 Å². The molecule has 8 heteroatoms. The summed E-state index contributed by atoms with van der Waals surface area (Å²) in [6, 6.07) is 4.33. The highest BCUT2D eigenvalue weighted by atomic mass is 79.9. The molecular formula is C10H5BrFN5O. The molecule has 1 N–H and O–H groups in total. The Kier molecular flexibility index (Phi) is 2.63. The smallest absolute Gasteiger partial charge is 0.258 e. The van der Waals surface area contributed by atoms with Crippen LogP contribution in [0.3, 0.4) is 0 Å². The maximum Gasteiger partial charge on any atom is 0.258 e. The van der Waals surface area contributed by atoms with Crippen molar-refractivity contribution in [2.24, 2.45) is 0 Å². The molecule has 0 aliphatic rings. The van der Waals surface area contributed by atoms with Gasteiger partial charge >= 0.3 is 0 Å². The van der Waals surface area contributed by atoms with Crippen LogP contribution in [0, 0.1) is 5.82 Å². The van der Waals surface area contributed by atoms with Gasteiger partial charge in [0.2, 0.25) is 5.82 Å². The van der Waals surface area contributed by atoms with E-state index >= 15 is 0 Å². The fraction of sp³-hybridized carbons (Fsp3) is 0. The van der Waals surface area contributed by atoms with Gasteiger partial charge < -0.3 is 4.52 Å². The fourth-order valence-corrected chi connectivity index (χ4v) is 1.89. The Morgan fingerprint density at radius 2 is 2.17 bits per heavy atom. The molecule has 1 aromatic carbocycles. The number of H-pyrrole nitrogens is 1. The number of halogens is 2. The van der Waals surface area contributed by atoms with Gasteiger partial charge in [-0.05, 0) is 18.2 Å². The maximum atomic E-state index is 13.2. The minimum Gasteiger partial charge on any atom is -0.333 e. The maximum absolute atomic E-state index is 13.2. The Bertz CT molecular complexity index is 661. The third-order valence-corrected chi connectivity index (χ3v) is 2.62. The third-order valence-electron chi connectivity index (χ3n) is 2.16. The third kappa shape index (κ3) is 2.02. The Morgan fingerprint density at radius 3 is 2.89 bits per heavy atom. The molecule has 18 heavy (non-hydrogen) atoms. The van der Waals surface area contributed by atoms with Gasteiger partial charge in [0.05, 0.1) is 0 Å². The number of hydrogen-bond donors (Lipinski definition) is 1. The van der Waals surface area contributed by atoms with Gasteiger partial charge in [-0.25, -0.2) is 9.37 Å². The Labute approximate surface area is 108 Å². The largest absolute Gasteiger partial charge is 0.333 e. The van der Waals surface area contributed by atoms with Crippen LogP contribution in [0.4, 0.5) is 4.39 Å². The van der Waals surface area contributed by atoms with E-state index in [9.17, 15) is 4.39 Å². The lowest BCUT2D eigenvalue weighted by Gasteiger charge is -1.96. The van der Waals surface area contributed by atoms with Crippen LogP contribution in [0.25, 0.3) is 23.1 Å². The quantitative estimate of drug-likeness (QED) is 0.786. The van der Waals surface area contributed by atoms with Crippen molar-refractivity contribution in [3.63, 3.8) is 0 Å². The van der Waals surface area contributed by atoms with E-state index in [1.807, 2.05) is 0 Å². The van der Waals surface area contributed by atoms with Crippen LogP contribution in [-0.4, -0.2) is 25.3 Å². The Morgan fingerprint density at radius 1 is 1.28 bits per heavy atom. The first kappa shape index (κ1) is 11.0. The zero-order valence-electron chi connectivity index (χ0n) is 8.76. The minimum atomic E-state index is -0.390. The van der Waals surface area contributed by atoms with E-state index < -0.39 is 5.82 Å². The second kappa shape index (κ2) is 4.30. The van der Waals surface area contributed by atoms with Crippen molar-refractivity contribution in [2.75, 3.05) is 0 Å². The van der Waals surface area contributed by atoms with E-state index in [0.717, 1.165) is 0 Å². The zero-order chi connectivity index (χ0) is 12.5. The number of nitrogens with zero attached hydrogens (tertiary/aromatic N) is 4. The van der Waals surface area contributed by atoms with Gasteiger partial charge in [0, 0.05) is 10.0 Å². The molecule has 90 valence electrons. The molecule has 0 saturated carbocycles. The molecular weight excluding hydrogens is 305 g/mol. The summed E-state index contributed by atoms with van der Waals surface area (Å²) in [7, 11) is 0. The second-order valence-corrected chi connectivity index (χ2v) is 4.33. The van der Waals surface area contributed by atoms with Gasteiger partial charge in [-0.15, -0.1) is 0 Å². The molecule has 0 aliphatic carbocycles. The van der Waals surface area contributed by atoms with Crippen molar-refractivity contribution in [3.8, 4) is 23.1 Å². The predicted molar refractivity (Wildman–Crippen MR) is 62.8 cm³/mol. The Balaban J connectivity index is 2.03. The summed E-state index contributed by atoms with van der Waals surface area (Å²) in [4.78, 5) is 8.00. The van der Waals surface area contributed by atoms with Crippen LogP contribution in [-0.2, 0) is 0 Å². The first-order valence-electron chi connectivity index (χ1n) is 4.88. The molecule has 0 saturated heterocycles. The summed E-state index contributed by atoms with van der Waals surface area (Å²) in [5, 5.41) is 10.0. The highest BCUT2D eigenvalue weighted by Crippen LogP contribution is 2.24. The second-order valence-electron chi connectivity index (χ2n) is 3.42. The van der Waals surface area contributed by atoms with Crippen LogP contribution in [0.5, 0.6) is 0 Å². The lowest BCUT2D eigenvalue weighted by Crippen LogP contribution is -1.84. The number of benzene rings is 1. The molecule has 0 aliphatic heterocycles. The van der Waals surface area contributed by atoms with E-state index in [0.29, 0.717) is 15.9 Å². The highest BCUT2D eigenvalue weighted by molar-refractivity contribution is 9.10. The molecule has 3 aromatic rings. The first-order chi connectivity index (χ1) is 8.72. The molecule has 0 radical (unpaired) electrons. The van der Waals surface area contributed by atoms with Crippen LogP contribution < -0.4 is 0 Å². The van der Waals surface area contributed by atoms with Gasteiger partial charge in [0.25, 0.3) is 5.89 Å². The topological polar surface area (TPSA) is 80.5 Å². The minimum absolute atomic E-state index is 0.210. The van der Waals surface area contributed by atoms with Crippen LogP contribution in [0.1, 0.15) is 0 Å². The summed E-state index contributed by atoms with van der Waals surface area (Å²) < 4.78 is 18.9. The van der Waals surface area contributed by atoms with Crippen LogP contribution in [0.15, 0.2) is 33.5 Å². The lowest BCUT2D eigenvalue weighted by molar-refractivity contribution is 0.431. The summed E-state index contributed by atoms with van der Waals surface area (Å²) in [5.74, 6) is 0.476. The molecule has 0 bridgehead atoms. The molecule has 2 heterocycles. The molecule has 6 nitrogen and oxygen atoms in total. The lowest BCUT2D eigenvalue weighted by atomic mass is 10.2. The van der Waals surface area contributed by atoms with E-state index in [4.69, 9.17) is 4.52 Å². The van der Waals surface area contributed by atoms with E-state index in [1.165, 1.54) is 18.5 Å². The summed E-state index contributed by atoms with van der Waals surface area (Å²) in [6.45, 7) is 0. The number of hydrogen-bond acceptors (Lipinski definition) is 5. The molecule has 0 unspecified atom stereocenters. The molecule has 0 amide bonds. The first-order valence-corrected chi connectivity index (χ1v) is 5.67.